The Hall–Kier alpha value is -2.94. The molecule has 0 aromatic heterocycles. The zero-order valence-electron chi connectivity index (χ0n) is 13.7. The fourth-order valence-electron chi connectivity index (χ4n) is 2.20. The molecule has 25 heavy (non-hydrogen) atoms. The van der Waals surface area contributed by atoms with E-state index in [4.69, 9.17) is 9.47 Å². The van der Waals surface area contributed by atoms with Gasteiger partial charge in [-0.05, 0) is 11.6 Å². The topological polar surface area (TPSA) is 114 Å². The molecule has 0 bridgehead atoms. The van der Waals surface area contributed by atoms with Crippen LogP contribution < -0.4 is 10.6 Å². The Balaban J connectivity index is 1.97. The van der Waals surface area contributed by atoms with Gasteiger partial charge in [0.2, 0.25) is 5.91 Å². The number of carbonyl (C=O) groups is 4. The number of nitrogens with one attached hydrogen (secondary N) is 2. The van der Waals surface area contributed by atoms with Crippen molar-refractivity contribution < 1.29 is 28.7 Å². The van der Waals surface area contributed by atoms with Gasteiger partial charge < -0.3 is 20.1 Å². The van der Waals surface area contributed by atoms with Gasteiger partial charge in [-0.1, -0.05) is 18.2 Å². The van der Waals surface area contributed by atoms with Crippen LogP contribution in [0.4, 0.5) is 4.79 Å². The summed E-state index contributed by atoms with van der Waals surface area (Å²) in [6, 6.07) is 5.94. The van der Waals surface area contributed by atoms with Gasteiger partial charge >= 0.3 is 12.0 Å². The molecule has 0 saturated carbocycles. The maximum absolute atomic E-state index is 12.2. The van der Waals surface area contributed by atoms with E-state index in [1.807, 2.05) is 0 Å². The first-order valence-electron chi connectivity index (χ1n) is 7.61. The van der Waals surface area contributed by atoms with Crippen LogP contribution in [0, 0.1) is 0 Å². The van der Waals surface area contributed by atoms with Crippen molar-refractivity contribution in [2.75, 3.05) is 33.4 Å². The van der Waals surface area contributed by atoms with Gasteiger partial charge in [-0.25, -0.2) is 9.59 Å². The maximum atomic E-state index is 12.2. The molecule has 2 rings (SSSR count). The lowest BCUT2D eigenvalue weighted by molar-refractivity contribution is -0.125. The molecule has 9 nitrogen and oxygen atoms in total. The molecule has 9 heteroatoms. The SMILES string of the molecule is COCCNC(=O)COC(=O)c1ccccc1CN1C(=O)CNC1=O. The van der Waals surface area contributed by atoms with Gasteiger partial charge in [0.15, 0.2) is 6.61 Å². The number of hydrogen-bond donors (Lipinski definition) is 2. The lowest BCUT2D eigenvalue weighted by atomic mass is 10.1. The van der Waals surface area contributed by atoms with Gasteiger partial charge in [-0.2, -0.15) is 0 Å². The van der Waals surface area contributed by atoms with Gasteiger partial charge in [0, 0.05) is 13.7 Å². The Morgan fingerprint density at radius 3 is 2.72 bits per heavy atom. The van der Waals surface area contributed by atoms with E-state index in [1.165, 1.54) is 13.2 Å². The fraction of sp³-hybridized carbons (Fsp3) is 0.375. The molecule has 2 N–H and O–H groups in total. The summed E-state index contributed by atoms with van der Waals surface area (Å²) < 4.78 is 9.78. The van der Waals surface area contributed by atoms with Crippen LogP contribution in [0.3, 0.4) is 0 Å². The molecule has 1 aromatic carbocycles. The van der Waals surface area contributed by atoms with Crippen LogP contribution in [0.25, 0.3) is 0 Å². The quantitative estimate of drug-likeness (QED) is 0.377. The molecule has 0 aliphatic carbocycles. The van der Waals surface area contributed by atoms with Gasteiger partial charge in [-0.15, -0.1) is 0 Å². The highest BCUT2D eigenvalue weighted by Crippen LogP contribution is 2.15. The van der Waals surface area contributed by atoms with Crippen LogP contribution in [0.15, 0.2) is 24.3 Å². The molecule has 1 aliphatic heterocycles. The van der Waals surface area contributed by atoms with Crippen LogP contribution in [-0.4, -0.2) is 62.1 Å². The number of nitrogens with zero attached hydrogens (tertiary/aromatic N) is 1. The minimum atomic E-state index is -0.704. The zero-order valence-corrected chi connectivity index (χ0v) is 13.7. The molecule has 1 saturated heterocycles. The molecule has 0 atom stereocenters. The molecular formula is C16H19N3O6. The summed E-state index contributed by atoms with van der Waals surface area (Å²) in [5.41, 5.74) is 0.650. The molecule has 0 unspecified atom stereocenters. The van der Waals surface area contributed by atoms with Gasteiger partial charge in [0.05, 0.1) is 25.3 Å². The summed E-state index contributed by atoms with van der Waals surface area (Å²) >= 11 is 0. The average Bonchev–Trinajstić information content (AvgIpc) is 2.92. The Morgan fingerprint density at radius 2 is 2.04 bits per heavy atom. The lowest BCUT2D eigenvalue weighted by Gasteiger charge is -2.15. The van der Waals surface area contributed by atoms with E-state index in [9.17, 15) is 19.2 Å². The third-order valence-electron chi connectivity index (χ3n) is 3.47. The average molecular weight is 349 g/mol. The first-order valence-corrected chi connectivity index (χ1v) is 7.61. The second kappa shape index (κ2) is 8.78. The fourth-order valence-corrected chi connectivity index (χ4v) is 2.20. The van der Waals surface area contributed by atoms with Gasteiger partial charge in [0.1, 0.15) is 0 Å². The monoisotopic (exact) mass is 349 g/mol. The van der Waals surface area contributed by atoms with Gasteiger partial charge in [0.25, 0.3) is 5.91 Å². The largest absolute Gasteiger partial charge is 0.452 e. The summed E-state index contributed by atoms with van der Waals surface area (Å²) in [6.45, 7) is 0.132. The van der Waals surface area contributed by atoms with Crippen LogP contribution >= 0.6 is 0 Å². The predicted molar refractivity (Wildman–Crippen MR) is 85.6 cm³/mol. The Labute approximate surface area is 144 Å². The van der Waals surface area contributed by atoms with Crippen molar-refractivity contribution in [2.24, 2.45) is 0 Å². The standard InChI is InChI=1S/C16H19N3O6/c1-24-7-6-17-13(20)10-25-15(22)12-5-3-2-4-11(12)9-19-14(21)8-18-16(19)23/h2-5H,6-10H2,1H3,(H,17,20)(H,18,23). The molecule has 1 aliphatic rings. The second-order valence-corrected chi connectivity index (χ2v) is 5.21. The van der Waals surface area contributed by atoms with Gasteiger partial charge in [-0.3, -0.25) is 14.5 Å². The summed E-state index contributed by atoms with van der Waals surface area (Å²) in [4.78, 5) is 48.1. The van der Waals surface area contributed by atoms with Crippen LogP contribution in [0.5, 0.6) is 0 Å². The third kappa shape index (κ3) is 5.01. The summed E-state index contributed by atoms with van der Waals surface area (Å²) in [6.07, 6.45) is 0. The molecule has 0 spiro atoms. The minimum absolute atomic E-state index is 0.0457. The number of benzene rings is 1. The first-order chi connectivity index (χ1) is 12.0. The van der Waals surface area contributed by atoms with Crippen LogP contribution in [0.2, 0.25) is 0 Å². The number of esters is 1. The first kappa shape index (κ1) is 18.4. The summed E-state index contributed by atoms with van der Waals surface area (Å²) in [5.74, 6) is -1.52. The number of carbonyl (C=O) groups excluding carboxylic acids is 4. The highest BCUT2D eigenvalue weighted by Gasteiger charge is 2.29. The number of ether oxygens (including phenoxy) is 2. The Kier molecular flexibility index (Phi) is 6.47. The van der Waals surface area contributed by atoms with Crippen molar-refractivity contribution in [3.8, 4) is 0 Å². The van der Waals surface area contributed by atoms with E-state index in [0.717, 1.165) is 4.90 Å². The Bertz CT molecular complexity index is 660. The summed E-state index contributed by atoms with van der Waals surface area (Å²) in [5, 5.41) is 4.94. The van der Waals surface area contributed by atoms with E-state index >= 15 is 0 Å². The van der Waals surface area contributed by atoms with Crippen molar-refractivity contribution >= 4 is 23.8 Å². The van der Waals surface area contributed by atoms with Crippen molar-refractivity contribution in [1.29, 1.82) is 0 Å². The van der Waals surface area contributed by atoms with Crippen LogP contribution in [0.1, 0.15) is 15.9 Å². The number of amides is 4. The van der Waals surface area contributed by atoms with Crippen molar-refractivity contribution in [3.05, 3.63) is 35.4 Å². The van der Waals surface area contributed by atoms with Crippen molar-refractivity contribution in [3.63, 3.8) is 0 Å². The molecule has 4 amide bonds. The highest BCUT2D eigenvalue weighted by molar-refractivity contribution is 6.02. The molecule has 1 fully saturated rings. The number of rotatable bonds is 8. The molecular weight excluding hydrogens is 330 g/mol. The van der Waals surface area contributed by atoms with E-state index < -0.39 is 24.5 Å². The normalized spacial score (nSPS) is 13.6. The molecule has 1 aromatic rings. The minimum Gasteiger partial charge on any atom is -0.452 e. The number of imide groups is 1. The van der Waals surface area contributed by atoms with E-state index in [0.29, 0.717) is 18.7 Å². The van der Waals surface area contributed by atoms with E-state index in [-0.39, 0.29) is 24.6 Å². The smallest absolute Gasteiger partial charge is 0.338 e. The molecule has 134 valence electrons. The highest BCUT2D eigenvalue weighted by atomic mass is 16.5. The van der Waals surface area contributed by atoms with E-state index in [2.05, 4.69) is 10.6 Å². The molecule has 1 heterocycles. The number of methoxy groups -OCH3 is 1. The maximum Gasteiger partial charge on any atom is 0.338 e. The van der Waals surface area contributed by atoms with E-state index in [1.54, 1.807) is 18.2 Å². The molecule has 0 radical (unpaired) electrons. The Morgan fingerprint density at radius 1 is 1.28 bits per heavy atom. The zero-order chi connectivity index (χ0) is 18.2. The lowest BCUT2D eigenvalue weighted by Crippen LogP contribution is -2.32. The summed E-state index contributed by atoms with van der Waals surface area (Å²) in [7, 11) is 1.51. The number of hydrogen-bond acceptors (Lipinski definition) is 6. The van der Waals surface area contributed by atoms with Crippen molar-refractivity contribution in [2.45, 2.75) is 6.54 Å². The van der Waals surface area contributed by atoms with Crippen LogP contribution in [-0.2, 0) is 25.6 Å². The second-order valence-electron chi connectivity index (χ2n) is 5.21. The van der Waals surface area contributed by atoms with Crippen molar-refractivity contribution in [1.82, 2.24) is 15.5 Å². The third-order valence-corrected chi connectivity index (χ3v) is 3.47. The number of urea groups is 1. The predicted octanol–water partition coefficient (Wildman–Crippen LogP) is -0.342.